The fourth-order valence-corrected chi connectivity index (χ4v) is 1.52. The van der Waals surface area contributed by atoms with Crippen LogP contribution in [0.5, 0.6) is 0 Å². The lowest BCUT2D eigenvalue weighted by Crippen LogP contribution is -2.21. The number of allylic oxidation sites excluding steroid dienone is 1. The van der Waals surface area contributed by atoms with Crippen LogP contribution in [0.4, 0.5) is 0 Å². The molecule has 4 nitrogen and oxygen atoms in total. The average Bonchev–Trinajstić information content (AvgIpc) is 2.49. The summed E-state index contributed by atoms with van der Waals surface area (Å²) in [6.45, 7) is 0.925. The molecule has 12 heavy (non-hydrogen) atoms. The molecule has 0 aromatic heterocycles. The number of carbonyl (C=O) groups excluding carboxylic acids is 1. The minimum Gasteiger partial charge on any atom is -0.366 e. The Balaban J connectivity index is 2.22. The summed E-state index contributed by atoms with van der Waals surface area (Å²) < 4.78 is 0. The molecule has 1 atom stereocenters. The van der Waals surface area contributed by atoms with Crippen molar-refractivity contribution >= 4 is 5.91 Å². The third-order valence-corrected chi connectivity index (χ3v) is 2.24. The number of hydrazine groups is 1. The average molecular weight is 165 g/mol. The number of nitrogens with one attached hydrogen (secondary N) is 2. The third kappa shape index (κ3) is 1.10. The zero-order chi connectivity index (χ0) is 8.55. The summed E-state index contributed by atoms with van der Waals surface area (Å²) in [5.41, 5.74) is 12.9. The Morgan fingerprint density at radius 1 is 1.67 bits per heavy atom. The van der Waals surface area contributed by atoms with Crippen molar-refractivity contribution in [2.45, 2.75) is 6.42 Å². The van der Waals surface area contributed by atoms with Gasteiger partial charge in [-0.15, -0.1) is 0 Å². The highest BCUT2D eigenvalue weighted by Gasteiger charge is 2.23. The molecule has 2 rings (SSSR count). The Morgan fingerprint density at radius 3 is 3.25 bits per heavy atom. The molecule has 0 saturated carbocycles. The Morgan fingerprint density at radius 2 is 2.50 bits per heavy atom. The van der Waals surface area contributed by atoms with Gasteiger partial charge in [0.15, 0.2) is 0 Å². The van der Waals surface area contributed by atoms with Gasteiger partial charge in [-0.1, -0.05) is 6.08 Å². The lowest BCUT2D eigenvalue weighted by Gasteiger charge is -2.13. The van der Waals surface area contributed by atoms with Gasteiger partial charge in [-0.2, -0.15) is 0 Å². The van der Waals surface area contributed by atoms with Crippen molar-refractivity contribution in [2.75, 3.05) is 6.54 Å². The summed E-state index contributed by atoms with van der Waals surface area (Å²) >= 11 is 0. The molecule has 2 aliphatic rings. The van der Waals surface area contributed by atoms with Gasteiger partial charge < -0.3 is 11.2 Å². The van der Waals surface area contributed by atoms with Crippen LogP contribution in [0, 0.1) is 5.92 Å². The van der Waals surface area contributed by atoms with Crippen molar-refractivity contribution in [3.05, 3.63) is 23.4 Å². The Bertz CT molecular complexity index is 280. The summed E-state index contributed by atoms with van der Waals surface area (Å²) in [5.74, 6) is 0.141. The molecular weight excluding hydrogens is 154 g/mol. The van der Waals surface area contributed by atoms with Crippen molar-refractivity contribution in [1.82, 2.24) is 10.9 Å². The van der Waals surface area contributed by atoms with Crippen LogP contribution >= 0.6 is 0 Å². The molecule has 0 aromatic carbocycles. The van der Waals surface area contributed by atoms with Crippen molar-refractivity contribution in [3.8, 4) is 0 Å². The quantitative estimate of drug-likeness (QED) is 0.486. The third-order valence-electron chi connectivity index (χ3n) is 2.24. The summed E-state index contributed by atoms with van der Waals surface area (Å²) in [4.78, 5) is 10.8. The van der Waals surface area contributed by atoms with Crippen LogP contribution in [0.25, 0.3) is 0 Å². The molecule has 0 bridgehead atoms. The van der Waals surface area contributed by atoms with Crippen molar-refractivity contribution in [3.63, 3.8) is 0 Å². The van der Waals surface area contributed by atoms with E-state index in [1.807, 2.05) is 12.2 Å². The van der Waals surface area contributed by atoms with Gasteiger partial charge in [0.25, 0.3) is 0 Å². The molecule has 0 radical (unpaired) electrons. The molecule has 4 heteroatoms. The van der Waals surface area contributed by atoms with E-state index in [1.54, 1.807) is 0 Å². The molecule has 0 aromatic rings. The first kappa shape index (κ1) is 7.36. The van der Waals surface area contributed by atoms with E-state index >= 15 is 0 Å². The van der Waals surface area contributed by atoms with E-state index in [-0.39, 0.29) is 5.91 Å². The van der Waals surface area contributed by atoms with Gasteiger partial charge in [-0.05, 0) is 12.5 Å². The normalized spacial score (nSPS) is 26.8. The van der Waals surface area contributed by atoms with E-state index in [0.717, 1.165) is 18.7 Å². The van der Waals surface area contributed by atoms with E-state index in [1.165, 1.54) is 0 Å². The molecule has 0 spiro atoms. The first-order chi connectivity index (χ1) is 5.77. The van der Waals surface area contributed by atoms with Crippen molar-refractivity contribution in [2.24, 2.45) is 11.7 Å². The Hall–Kier alpha value is -1.29. The molecule has 1 aliphatic heterocycles. The van der Waals surface area contributed by atoms with E-state index in [9.17, 15) is 4.79 Å². The van der Waals surface area contributed by atoms with Gasteiger partial charge in [0.1, 0.15) is 0 Å². The van der Waals surface area contributed by atoms with Crippen LogP contribution in [0.2, 0.25) is 0 Å². The van der Waals surface area contributed by atoms with Crippen molar-refractivity contribution in [1.29, 1.82) is 0 Å². The van der Waals surface area contributed by atoms with E-state index in [4.69, 9.17) is 5.73 Å². The van der Waals surface area contributed by atoms with Gasteiger partial charge >= 0.3 is 0 Å². The smallest absolute Gasteiger partial charge is 0.248 e. The minimum absolute atomic E-state index is 0.352. The van der Waals surface area contributed by atoms with Crippen LogP contribution in [-0.4, -0.2) is 12.5 Å². The largest absolute Gasteiger partial charge is 0.366 e. The monoisotopic (exact) mass is 165 g/mol. The fraction of sp³-hybridized carbons (Fsp3) is 0.375. The van der Waals surface area contributed by atoms with Gasteiger partial charge in [0.05, 0.1) is 0 Å². The number of hydrogen-bond acceptors (Lipinski definition) is 3. The van der Waals surface area contributed by atoms with Gasteiger partial charge in [-0.25, -0.2) is 5.43 Å². The summed E-state index contributed by atoms with van der Waals surface area (Å²) in [6.07, 6.45) is 4.60. The number of primary amides is 1. The molecule has 1 amide bonds. The molecule has 1 heterocycles. The van der Waals surface area contributed by atoms with Crippen molar-refractivity contribution < 1.29 is 4.79 Å². The summed E-state index contributed by atoms with van der Waals surface area (Å²) in [6, 6.07) is 0. The van der Waals surface area contributed by atoms with E-state index < -0.39 is 0 Å². The number of amides is 1. The Labute approximate surface area is 70.5 Å². The zero-order valence-electron chi connectivity index (χ0n) is 6.63. The predicted molar refractivity (Wildman–Crippen MR) is 44.6 cm³/mol. The second-order valence-corrected chi connectivity index (χ2v) is 3.06. The standard InChI is InChI=1S/C8H11N3O/c9-8(12)5-1-2-6-4-10-11-7(6)3-5/h1,3,6,10-11H,2,4H2,(H2,9,12). The molecule has 1 saturated heterocycles. The molecular formula is C8H11N3O. The van der Waals surface area contributed by atoms with Gasteiger partial charge in [-0.3, -0.25) is 4.79 Å². The molecule has 1 aliphatic carbocycles. The highest BCUT2D eigenvalue weighted by atomic mass is 16.1. The second kappa shape index (κ2) is 2.64. The van der Waals surface area contributed by atoms with Crippen LogP contribution in [0.1, 0.15) is 6.42 Å². The van der Waals surface area contributed by atoms with E-state index in [2.05, 4.69) is 10.9 Å². The maximum Gasteiger partial charge on any atom is 0.248 e. The van der Waals surface area contributed by atoms with Crippen LogP contribution in [0.15, 0.2) is 23.4 Å². The molecule has 64 valence electrons. The van der Waals surface area contributed by atoms with Gasteiger partial charge in [0.2, 0.25) is 5.91 Å². The summed E-state index contributed by atoms with van der Waals surface area (Å²) in [7, 11) is 0. The number of rotatable bonds is 1. The van der Waals surface area contributed by atoms with E-state index in [0.29, 0.717) is 11.5 Å². The van der Waals surface area contributed by atoms with Crippen LogP contribution < -0.4 is 16.6 Å². The first-order valence-electron chi connectivity index (χ1n) is 3.98. The number of carbonyl (C=O) groups is 1. The van der Waals surface area contributed by atoms with Gasteiger partial charge in [0, 0.05) is 23.7 Å². The maximum atomic E-state index is 10.8. The SMILES string of the molecule is NC(=O)C1=CCC2CNNC2=C1. The number of fused-ring (bicyclic) bond motifs is 1. The topological polar surface area (TPSA) is 67.2 Å². The Kier molecular flexibility index (Phi) is 1.62. The molecule has 1 fully saturated rings. The molecule has 4 N–H and O–H groups in total. The lowest BCUT2D eigenvalue weighted by atomic mass is 9.94. The molecule has 1 unspecified atom stereocenters. The fourth-order valence-electron chi connectivity index (χ4n) is 1.52. The van der Waals surface area contributed by atoms with Crippen LogP contribution in [-0.2, 0) is 4.79 Å². The summed E-state index contributed by atoms with van der Waals surface area (Å²) in [5, 5.41) is 0. The zero-order valence-corrected chi connectivity index (χ0v) is 6.63. The number of hydrogen-bond donors (Lipinski definition) is 3. The highest BCUT2D eigenvalue weighted by molar-refractivity contribution is 5.95. The second-order valence-electron chi connectivity index (χ2n) is 3.06. The highest BCUT2D eigenvalue weighted by Crippen LogP contribution is 2.23. The first-order valence-corrected chi connectivity index (χ1v) is 3.98. The van der Waals surface area contributed by atoms with Crippen LogP contribution in [0.3, 0.4) is 0 Å². The number of nitrogens with two attached hydrogens (primary N) is 1. The predicted octanol–water partition coefficient (Wildman–Crippen LogP) is -0.590. The maximum absolute atomic E-state index is 10.8. The minimum atomic E-state index is -0.352. The lowest BCUT2D eigenvalue weighted by molar-refractivity contribution is -0.114.